The summed E-state index contributed by atoms with van der Waals surface area (Å²) < 4.78 is 22.2. The van der Waals surface area contributed by atoms with Crippen molar-refractivity contribution in [3.8, 4) is 0 Å². The number of H-pyrrole nitrogens is 1. The number of anilines is 2. The standard InChI is InChI=1S/C19H19N5O3S/c1-11(20)8-16(21-2)18(25)15-10-22-19-14(15)6-7-17(24-19)23-12-4-3-5-13(9-12)28(26)27/h3-7,9-10,20H,8H2,1-2H3,(H,26,27)(H2,22,23,24)/p-1. The van der Waals surface area contributed by atoms with Gasteiger partial charge in [0.2, 0.25) is 5.78 Å². The molecule has 1 atom stereocenters. The van der Waals surface area contributed by atoms with Gasteiger partial charge in [-0.3, -0.25) is 14.0 Å². The zero-order valence-electron chi connectivity index (χ0n) is 15.3. The number of nitrogens with one attached hydrogen (secondary N) is 3. The molecule has 0 bridgehead atoms. The highest BCUT2D eigenvalue weighted by Crippen LogP contribution is 2.23. The molecule has 2 aromatic heterocycles. The summed E-state index contributed by atoms with van der Waals surface area (Å²) in [4.78, 5) is 24.3. The number of Topliss-reactive ketones (excluding diaryl/α,β-unsaturated/α-hetero) is 1. The van der Waals surface area contributed by atoms with Crippen LogP contribution in [-0.2, 0) is 11.1 Å². The lowest BCUT2D eigenvalue weighted by molar-refractivity contribution is 0.106. The molecule has 8 nitrogen and oxygen atoms in total. The van der Waals surface area contributed by atoms with Gasteiger partial charge in [-0.2, -0.15) is 0 Å². The first-order valence-corrected chi connectivity index (χ1v) is 9.45. The third-order valence-electron chi connectivity index (χ3n) is 4.05. The van der Waals surface area contributed by atoms with Gasteiger partial charge in [0.15, 0.2) is 0 Å². The smallest absolute Gasteiger partial charge is 0.209 e. The average Bonchev–Trinajstić information content (AvgIpc) is 3.08. The Hall–Kier alpha value is -3.17. The van der Waals surface area contributed by atoms with Crippen LogP contribution in [0.4, 0.5) is 11.5 Å². The molecule has 144 valence electrons. The molecule has 0 saturated heterocycles. The van der Waals surface area contributed by atoms with Crippen LogP contribution in [0.1, 0.15) is 23.7 Å². The number of carbonyl (C=O) groups excluding carboxylic acids is 1. The molecule has 0 spiro atoms. The van der Waals surface area contributed by atoms with Crippen LogP contribution in [-0.4, -0.2) is 43.0 Å². The molecule has 28 heavy (non-hydrogen) atoms. The van der Waals surface area contributed by atoms with E-state index in [2.05, 4.69) is 20.3 Å². The molecule has 0 aliphatic rings. The SMILES string of the molecule is CN=C(CC(C)=N)C(=O)c1c[nH]c2nc(Nc3cccc(S(=O)[O-])c3)ccc12. The fourth-order valence-corrected chi connectivity index (χ4v) is 3.17. The Balaban J connectivity index is 1.88. The second-order valence-electron chi connectivity index (χ2n) is 6.14. The van der Waals surface area contributed by atoms with Gasteiger partial charge in [-0.25, -0.2) is 4.98 Å². The Morgan fingerprint density at radius 3 is 2.82 bits per heavy atom. The molecule has 0 amide bonds. The first kappa shape index (κ1) is 19.6. The van der Waals surface area contributed by atoms with Gasteiger partial charge in [-0.15, -0.1) is 0 Å². The van der Waals surface area contributed by atoms with Crippen LogP contribution >= 0.6 is 0 Å². The summed E-state index contributed by atoms with van der Waals surface area (Å²) in [5.74, 6) is 0.260. The number of aromatic nitrogens is 2. The second kappa shape index (κ2) is 8.24. The van der Waals surface area contributed by atoms with Gasteiger partial charge in [0.05, 0.1) is 11.3 Å². The first-order valence-electron chi connectivity index (χ1n) is 8.38. The zero-order valence-corrected chi connectivity index (χ0v) is 16.1. The van der Waals surface area contributed by atoms with Crippen molar-refractivity contribution in [2.24, 2.45) is 4.99 Å². The third-order valence-corrected chi connectivity index (χ3v) is 4.69. The molecule has 0 aliphatic heterocycles. The Morgan fingerprint density at radius 2 is 2.14 bits per heavy atom. The van der Waals surface area contributed by atoms with E-state index >= 15 is 0 Å². The van der Waals surface area contributed by atoms with Crippen LogP contribution in [0.25, 0.3) is 11.0 Å². The van der Waals surface area contributed by atoms with E-state index in [1.165, 1.54) is 19.2 Å². The molecule has 3 rings (SSSR count). The van der Waals surface area contributed by atoms with E-state index in [0.29, 0.717) is 39.5 Å². The largest absolute Gasteiger partial charge is 0.768 e. The van der Waals surface area contributed by atoms with E-state index < -0.39 is 11.1 Å². The highest BCUT2D eigenvalue weighted by Gasteiger charge is 2.18. The van der Waals surface area contributed by atoms with E-state index in [9.17, 15) is 13.6 Å². The van der Waals surface area contributed by atoms with E-state index in [0.717, 1.165) is 0 Å². The minimum absolute atomic E-state index is 0.173. The predicted octanol–water partition coefficient (Wildman–Crippen LogP) is 3.23. The molecule has 0 saturated carbocycles. The number of aromatic amines is 1. The van der Waals surface area contributed by atoms with Crippen LogP contribution in [0.5, 0.6) is 0 Å². The Labute approximate surface area is 163 Å². The van der Waals surface area contributed by atoms with Crippen molar-refractivity contribution in [1.82, 2.24) is 9.97 Å². The zero-order chi connectivity index (χ0) is 20.3. The van der Waals surface area contributed by atoms with E-state index in [4.69, 9.17) is 5.41 Å². The molecule has 1 aromatic carbocycles. The minimum Gasteiger partial charge on any atom is -0.768 e. The minimum atomic E-state index is -2.31. The number of fused-ring (bicyclic) bond motifs is 1. The van der Waals surface area contributed by atoms with Gasteiger partial charge in [0.25, 0.3) is 0 Å². The topological polar surface area (TPSA) is 134 Å². The monoisotopic (exact) mass is 396 g/mol. The fraction of sp³-hybridized carbons (Fsp3) is 0.158. The number of hydrogen-bond donors (Lipinski definition) is 3. The summed E-state index contributed by atoms with van der Waals surface area (Å²) in [6, 6.07) is 9.83. The third kappa shape index (κ3) is 4.21. The summed E-state index contributed by atoms with van der Waals surface area (Å²) in [7, 11) is 1.54. The Kier molecular flexibility index (Phi) is 5.76. The van der Waals surface area contributed by atoms with Crippen LogP contribution in [0.15, 0.2) is 52.5 Å². The van der Waals surface area contributed by atoms with E-state index in [-0.39, 0.29) is 17.1 Å². The highest BCUT2D eigenvalue weighted by atomic mass is 32.2. The number of ketones is 1. The number of aliphatic imine (C=N–C) groups is 1. The molecule has 3 aromatic rings. The summed E-state index contributed by atoms with van der Waals surface area (Å²) >= 11 is -2.31. The lowest BCUT2D eigenvalue weighted by atomic mass is 10.0. The predicted molar refractivity (Wildman–Crippen MR) is 109 cm³/mol. The van der Waals surface area contributed by atoms with Crippen LogP contribution < -0.4 is 5.32 Å². The number of benzene rings is 1. The van der Waals surface area contributed by atoms with Gasteiger partial charge in [-0.1, -0.05) is 6.07 Å². The summed E-state index contributed by atoms with van der Waals surface area (Å²) in [6.07, 6.45) is 1.78. The van der Waals surface area contributed by atoms with Crippen LogP contribution in [0, 0.1) is 5.41 Å². The molecule has 2 heterocycles. The van der Waals surface area contributed by atoms with Crippen LogP contribution in [0.3, 0.4) is 0 Å². The second-order valence-corrected chi connectivity index (χ2v) is 7.08. The van der Waals surface area contributed by atoms with Crippen molar-refractivity contribution in [2.75, 3.05) is 12.4 Å². The van der Waals surface area contributed by atoms with Gasteiger partial charge in [0.1, 0.15) is 11.5 Å². The molecule has 0 radical (unpaired) electrons. The number of pyridine rings is 1. The number of carbonyl (C=O) groups is 1. The van der Waals surface area contributed by atoms with Gasteiger partial charge < -0.3 is 20.3 Å². The Morgan fingerprint density at radius 1 is 1.36 bits per heavy atom. The summed E-state index contributed by atoms with van der Waals surface area (Å²) in [5.41, 5.74) is 2.22. The van der Waals surface area contributed by atoms with Gasteiger partial charge >= 0.3 is 0 Å². The van der Waals surface area contributed by atoms with Gasteiger partial charge in [0, 0.05) is 41.3 Å². The molecular weight excluding hydrogens is 378 g/mol. The van der Waals surface area contributed by atoms with Crippen molar-refractivity contribution in [3.63, 3.8) is 0 Å². The maximum Gasteiger partial charge on any atom is 0.209 e. The van der Waals surface area contributed by atoms with Crippen LogP contribution in [0.2, 0.25) is 0 Å². The number of nitrogens with zero attached hydrogens (tertiary/aromatic N) is 2. The maximum absolute atomic E-state index is 12.7. The van der Waals surface area contributed by atoms with Crippen molar-refractivity contribution < 1.29 is 13.6 Å². The van der Waals surface area contributed by atoms with Gasteiger partial charge in [-0.05, 0) is 48.3 Å². The molecule has 0 fully saturated rings. The average molecular weight is 396 g/mol. The summed E-state index contributed by atoms with van der Waals surface area (Å²) in [5, 5.41) is 11.3. The molecule has 3 N–H and O–H groups in total. The van der Waals surface area contributed by atoms with Crippen molar-refractivity contribution in [1.29, 1.82) is 5.41 Å². The lowest BCUT2D eigenvalue weighted by Gasteiger charge is -2.09. The van der Waals surface area contributed by atoms with Crippen molar-refractivity contribution in [2.45, 2.75) is 18.2 Å². The quantitative estimate of drug-likeness (QED) is 0.320. The first-order chi connectivity index (χ1) is 13.4. The maximum atomic E-state index is 12.7. The molecule has 1 unspecified atom stereocenters. The molecule has 9 heteroatoms. The highest BCUT2D eigenvalue weighted by molar-refractivity contribution is 7.79. The molecular formula is C19H18N5O3S-. The van der Waals surface area contributed by atoms with E-state index in [1.807, 2.05) is 0 Å². The normalized spacial score (nSPS) is 12.8. The van der Waals surface area contributed by atoms with E-state index in [1.54, 1.807) is 37.4 Å². The summed E-state index contributed by atoms with van der Waals surface area (Å²) in [6.45, 7) is 1.63. The fourth-order valence-electron chi connectivity index (χ4n) is 2.76. The van der Waals surface area contributed by atoms with Crippen molar-refractivity contribution in [3.05, 3.63) is 48.2 Å². The molecule has 0 aliphatic carbocycles. The number of hydrogen-bond acceptors (Lipinski definition) is 7. The lowest BCUT2D eigenvalue weighted by Crippen LogP contribution is -2.17. The number of rotatable bonds is 7. The van der Waals surface area contributed by atoms with Crippen molar-refractivity contribution >= 4 is 50.8 Å². The Bertz CT molecular complexity index is 1120.